The molecule has 3 aromatic carbocycles. The Kier molecular flexibility index (Phi) is 6.32. The molecular weight excluding hydrogens is 504 g/mol. The van der Waals surface area contributed by atoms with Crippen LogP contribution in [0.5, 0.6) is 0 Å². The van der Waals surface area contributed by atoms with Crippen molar-refractivity contribution in [1.82, 2.24) is 4.90 Å². The number of rotatable bonds is 6. The zero-order valence-corrected chi connectivity index (χ0v) is 23.0. The Morgan fingerprint density at radius 3 is 1.80 bits per heavy atom. The topological polar surface area (TPSA) is 92.8 Å². The fourth-order valence-electron chi connectivity index (χ4n) is 6.93. The van der Waals surface area contributed by atoms with Crippen LogP contribution < -0.4 is 5.32 Å². The lowest BCUT2D eigenvalue weighted by Crippen LogP contribution is -2.49. The number of anilines is 1. The summed E-state index contributed by atoms with van der Waals surface area (Å²) in [5, 5.41) is 2.78. The van der Waals surface area contributed by atoms with E-state index in [0.717, 1.165) is 38.3 Å². The maximum atomic E-state index is 14.1. The summed E-state index contributed by atoms with van der Waals surface area (Å²) in [6.45, 7) is 6.85. The molecule has 1 aliphatic heterocycles. The Morgan fingerprint density at radius 2 is 1.32 bits per heavy atom. The van der Waals surface area contributed by atoms with E-state index in [1.165, 1.54) is 0 Å². The largest absolute Gasteiger partial charge is 0.454 e. The molecule has 1 N–H and O–H groups in total. The van der Waals surface area contributed by atoms with E-state index in [4.69, 9.17) is 4.74 Å². The first-order chi connectivity index (χ1) is 19.2. The van der Waals surface area contributed by atoms with Gasteiger partial charge < -0.3 is 10.1 Å². The number of imide groups is 1. The summed E-state index contributed by atoms with van der Waals surface area (Å²) in [5.41, 5.74) is 6.81. The minimum atomic E-state index is -1.12. The summed E-state index contributed by atoms with van der Waals surface area (Å²) in [6, 6.07) is 20.6. The number of hydrogen-bond donors (Lipinski definition) is 1. The van der Waals surface area contributed by atoms with E-state index in [9.17, 15) is 19.2 Å². The van der Waals surface area contributed by atoms with Gasteiger partial charge in [0.15, 0.2) is 6.61 Å². The van der Waals surface area contributed by atoms with Gasteiger partial charge in [-0.1, -0.05) is 74.5 Å². The monoisotopic (exact) mass is 536 g/mol. The fraction of sp³-hybridized carbons (Fsp3) is 0.333. The first kappa shape index (κ1) is 26.0. The first-order valence-electron chi connectivity index (χ1n) is 13.8. The van der Waals surface area contributed by atoms with E-state index >= 15 is 0 Å². The van der Waals surface area contributed by atoms with Crippen LogP contribution in [-0.4, -0.2) is 41.2 Å². The van der Waals surface area contributed by atoms with Crippen molar-refractivity contribution in [2.75, 3.05) is 11.9 Å². The molecule has 3 atom stereocenters. The summed E-state index contributed by atoms with van der Waals surface area (Å²) in [7, 11) is 0. The van der Waals surface area contributed by atoms with Crippen LogP contribution >= 0.6 is 0 Å². The normalized spacial score (nSPS) is 23.0. The predicted octanol–water partition coefficient (Wildman–Crippen LogP) is 4.70. The van der Waals surface area contributed by atoms with E-state index in [2.05, 4.69) is 5.32 Å². The molecule has 1 heterocycles. The summed E-state index contributed by atoms with van der Waals surface area (Å²) in [4.78, 5) is 55.3. The highest BCUT2D eigenvalue weighted by Crippen LogP contribution is 2.61. The highest BCUT2D eigenvalue weighted by Gasteiger charge is 2.63. The maximum absolute atomic E-state index is 14.1. The van der Waals surface area contributed by atoms with Gasteiger partial charge in [-0.3, -0.25) is 19.3 Å². The molecule has 0 spiro atoms. The van der Waals surface area contributed by atoms with E-state index in [-0.39, 0.29) is 23.7 Å². The van der Waals surface area contributed by atoms with Crippen molar-refractivity contribution in [2.24, 2.45) is 17.8 Å². The van der Waals surface area contributed by atoms with E-state index < -0.39 is 42.3 Å². The molecule has 7 nitrogen and oxygen atoms in total. The first-order valence-corrected chi connectivity index (χ1v) is 13.8. The second kappa shape index (κ2) is 9.73. The van der Waals surface area contributed by atoms with Crippen LogP contribution in [0, 0.1) is 31.6 Å². The number of ether oxygens (including phenoxy) is 1. The number of aryl methyl sites for hydroxylation is 2. The Balaban J connectivity index is 1.26. The molecule has 3 aromatic rings. The maximum Gasteiger partial charge on any atom is 0.330 e. The Labute approximate surface area is 233 Å². The van der Waals surface area contributed by atoms with Gasteiger partial charge in [-0.25, -0.2) is 4.79 Å². The van der Waals surface area contributed by atoms with Crippen molar-refractivity contribution in [3.63, 3.8) is 0 Å². The van der Waals surface area contributed by atoms with Crippen molar-refractivity contribution >= 4 is 29.4 Å². The molecule has 2 bridgehead atoms. The van der Waals surface area contributed by atoms with Crippen molar-refractivity contribution < 1.29 is 23.9 Å². The molecule has 0 radical (unpaired) electrons. The third kappa shape index (κ3) is 3.95. The van der Waals surface area contributed by atoms with Gasteiger partial charge >= 0.3 is 5.97 Å². The number of likely N-dealkylation sites (tertiary alicyclic amines) is 1. The van der Waals surface area contributed by atoms with Crippen LogP contribution in [0.15, 0.2) is 66.7 Å². The van der Waals surface area contributed by atoms with Crippen molar-refractivity contribution in [1.29, 1.82) is 0 Å². The number of carbonyl (C=O) groups excluding carboxylic acids is 4. The SMILES string of the molecule is Cc1ccc(C)c(NC(=O)COC(=O)[C@H](C(C)C)N2C(=O)[C@H]3C4c5ccccc5C(c5ccccc54)[C@@H]3C2=O)c1. The molecule has 1 fully saturated rings. The van der Waals surface area contributed by atoms with Crippen LogP contribution in [0.2, 0.25) is 0 Å². The van der Waals surface area contributed by atoms with E-state index in [0.29, 0.717) is 5.69 Å². The molecule has 7 heteroatoms. The predicted molar refractivity (Wildman–Crippen MR) is 150 cm³/mol. The summed E-state index contributed by atoms with van der Waals surface area (Å²) in [5.74, 6) is -3.99. The minimum absolute atomic E-state index is 0.254. The highest BCUT2D eigenvalue weighted by atomic mass is 16.5. The number of benzene rings is 3. The third-order valence-electron chi connectivity index (χ3n) is 8.65. The summed E-state index contributed by atoms with van der Waals surface area (Å²) >= 11 is 0. The Hall–Kier alpha value is -4.26. The fourth-order valence-corrected chi connectivity index (χ4v) is 6.93. The third-order valence-corrected chi connectivity index (χ3v) is 8.65. The lowest BCUT2D eigenvalue weighted by molar-refractivity contribution is -0.162. The van der Waals surface area contributed by atoms with E-state index in [1.54, 1.807) is 13.8 Å². The zero-order chi connectivity index (χ0) is 28.3. The molecule has 1 saturated heterocycles. The minimum Gasteiger partial charge on any atom is -0.454 e. The molecule has 40 heavy (non-hydrogen) atoms. The average molecular weight is 537 g/mol. The molecule has 4 aliphatic rings. The van der Waals surface area contributed by atoms with Gasteiger partial charge in [-0.05, 0) is 59.2 Å². The van der Waals surface area contributed by atoms with Gasteiger partial charge in [0.25, 0.3) is 5.91 Å². The molecule has 7 rings (SSSR count). The molecule has 204 valence electrons. The molecule has 0 unspecified atom stereocenters. The van der Waals surface area contributed by atoms with Gasteiger partial charge in [0.1, 0.15) is 6.04 Å². The lowest BCUT2D eigenvalue weighted by Gasteiger charge is -2.45. The standard InChI is InChI=1S/C33H32N2O5/c1-17(2)30(33(39)40-16-25(36)34-24-15-18(3)13-14-19(24)4)35-31(37)28-26-20-9-5-6-10-21(20)27(29(28)32(35)38)23-12-8-7-11-22(23)26/h5-15,17,26-30H,16H2,1-4H3,(H,34,36)/t26?,27?,28-,29-,30-/m0/s1. The number of nitrogens with zero attached hydrogens (tertiary/aromatic N) is 1. The van der Waals surface area contributed by atoms with Crippen LogP contribution in [0.4, 0.5) is 5.69 Å². The number of amides is 3. The van der Waals surface area contributed by atoms with Crippen LogP contribution in [0.25, 0.3) is 0 Å². The average Bonchev–Trinajstić information content (AvgIpc) is 3.20. The molecule has 0 saturated carbocycles. The summed E-state index contributed by atoms with van der Waals surface area (Å²) in [6.07, 6.45) is 0. The Bertz CT molecular complexity index is 1440. The number of nitrogens with one attached hydrogen (secondary N) is 1. The van der Waals surface area contributed by atoms with Gasteiger partial charge in [0, 0.05) is 17.5 Å². The number of carbonyl (C=O) groups is 4. The van der Waals surface area contributed by atoms with Crippen LogP contribution in [0.3, 0.4) is 0 Å². The van der Waals surface area contributed by atoms with Crippen molar-refractivity contribution in [3.05, 3.63) is 100 Å². The Morgan fingerprint density at radius 1 is 0.825 bits per heavy atom. The van der Waals surface area contributed by atoms with Gasteiger partial charge in [-0.15, -0.1) is 0 Å². The summed E-state index contributed by atoms with van der Waals surface area (Å²) < 4.78 is 5.43. The second-order valence-corrected chi connectivity index (χ2v) is 11.5. The van der Waals surface area contributed by atoms with E-state index in [1.807, 2.05) is 80.6 Å². The second-order valence-electron chi connectivity index (χ2n) is 11.5. The quantitative estimate of drug-likeness (QED) is 0.364. The highest BCUT2D eigenvalue weighted by molar-refractivity contribution is 6.10. The van der Waals surface area contributed by atoms with Crippen molar-refractivity contribution in [3.8, 4) is 0 Å². The van der Waals surface area contributed by atoms with Crippen molar-refractivity contribution in [2.45, 2.75) is 45.6 Å². The molecular formula is C33H32N2O5. The van der Waals surface area contributed by atoms with Gasteiger partial charge in [0.05, 0.1) is 11.8 Å². The van der Waals surface area contributed by atoms with Crippen LogP contribution in [0.1, 0.15) is 59.1 Å². The molecule has 3 aliphatic carbocycles. The number of esters is 1. The van der Waals surface area contributed by atoms with Gasteiger partial charge in [0.2, 0.25) is 11.8 Å². The molecule has 3 amide bonds. The van der Waals surface area contributed by atoms with Gasteiger partial charge in [-0.2, -0.15) is 0 Å². The number of hydrogen-bond acceptors (Lipinski definition) is 5. The smallest absolute Gasteiger partial charge is 0.330 e. The zero-order valence-electron chi connectivity index (χ0n) is 23.0. The molecule has 0 aromatic heterocycles. The lowest BCUT2D eigenvalue weighted by atomic mass is 9.55. The van der Waals surface area contributed by atoms with Crippen LogP contribution in [-0.2, 0) is 23.9 Å².